The summed E-state index contributed by atoms with van der Waals surface area (Å²) in [5.74, 6) is 0.283. The van der Waals surface area contributed by atoms with Gasteiger partial charge in [0.05, 0.1) is 6.54 Å². The van der Waals surface area contributed by atoms with Crippen LogP contribution in [-0.2, 0) is 6.42 Å². The fourth-order valence-corrected chi connectivity index (χ4v) is 3.95. The zero-order valence-corrected chi connectivity index (χ0v) is 13.2. The first-order chi connectivity index (χ1) is 10.8. The van der Waals surface area contributed by atoms with E-state index >= 15 is 0 Å². The van der Waals surface area contributed by atoms with Crippen molar-refractivity contribution in [2.45, 2.75) is 44.9 Å². The Morgan fingerprint density at radius 2 is 1.86 bits per heavy atom. The molecule has 0 saturated carbocycles. The van der Waals surface area contributed by atoms with Crippen LogP contribution in [0, 0.1) is 0 Å². The van der Waals surface area contributed by atoms with E-state index in [9.17, 15) is 4.79 Å². The fourth-order valence-electron chi connectivity index (χ4n) is 3.95. The molecule has 3 heteroatoms. The minimum Gasteiger partial charge on any atom is -0.320 e. The highest BCUT2D eigenvalue weighted by atomic mass is 16.1. The van der Waals surface area contributed by atoms with E-state index in [0.29, 0.717) is 6.54 Å². The van der Waals surface area contributed by atoms with Crippen molar-refractivity contribution in [2.24, 2.45) is 0 Å². The molecule has 1 saturated heterocycles. The van der Waals surface area contributed by atoms with Gasteiger partial charge in [-0.25, -0.2) is 0 Å². The van der Waals surface area contributed by atoms with Gasteiger partial charge in [0.15, 0.2) is 5.78 Å². The monoisotopic (exact) mass is 296 g/mol. The Kier molecular flexibility index (Phi) is 3.75. The second kappa shape index (κ2) is 5.88. The number of hydrogen-bond acceptors (Lipinski definition) is 2. The number of piperidine rings is 1. The van der Waals surface area contributed by atoms with E-state index < -0.39 is 0 Å². The van der Waals surface area contributed by atoms with Gasteiger partial charge < -0.3 is 4.57 Å². The van der Waals surface area contributed by atoms with E-state index in [2.05, 4.69) is 33.9 Å². The highest BCUT2D eigenvalue weighted by molar-refractivity contribution is 5.98. The fraction of sp³-hybridized carbons (Fsp3) is 0.526. The van der Waals surface area contributed by atoms with Crippen molar-refractivity contribution >= 4 is 11.5 Å². The number of Topliss-reactive ketones (excluding diaryl/α,β-unsaturated/α-hetero) is 1. The summed E-state index contributed by atoms with van der Waals surface area (Å²) in [4.78, 5) is 14.9. The highest BCUT2D eigenvalue weighted by Gasteiger charge is 2.23. The summed E-state index contributed by atoms with van der Waals surface area (Å²) in [5, 5.41) is 0. The molecule has 3 heterocycles. The summed E-state index contributed by atoms with van der Waals surface area (Å²) in [6, 6.07) is 2.12. The van der Waals surface area contributed by atoms with Crippen LogP contribution in [0.15, 0.2) is 30.0 Å². The van der Waals surface area contributed by atoms with Gasteiger partial charge in [0.2, 0.25) is 0 Å². The van der Waals surface area contributed by atoms with Crippen LogP contribution in [0.3, 0.4) is 0 Å². The van der Waals surface area contributed by atoms with Gasteiger partial charge in [-0.05, 0) is 63.3 Å². The van der Waals surface area contributed by atoms with E-state index in [1.165, 1.54) is 36.2 Å². The zero-order valence-electron chi connectivity index (χ0n) is 13.2. The Balaban J connectivity index is 1.54. The first-order valence-electron chi connectivity index (χ1n) is 8.68. The molecule has 3 aliphatic rings. The van der Waals surface area contributed by atoms with Gasteiger partial charge in [0.25, 0.3) is 0 Å². The molecule has 0 radical (unpaired) electrons. The largest absolute Gasteiger partial charge is 0.320 e. The highest BCUT2D eigenvalue weighted by Crippen LogP contribution is 2.34. The lowest BCUT2D eigenvalue weighted by molar-refractivity contribution is 0.0916. The van der Waals surface area contributed by atoms with Crippen LogP contribution in [0.2, 0.25) is 0 Å². The van der Waals surface area contributed by atoms with Crippen molar-refractivity contribution in [1.82, 2.24) is 9.47 Å². The third-order valence-corrected chi connectivity index (χ3v) is 5.17. The third kappa shape index (κ3) is 2.58. The summed E-state index contributed by atoms with van der Waals surface area (Å²) in [7, 11) is 0. The molecule has 22 heavy (non-hydrogen) atoms. The van der Waals surface area contributed by atoms with Crippen LogP contribution in [0.25, 0.3) is 5.70 Å². The first-order valence-corrected chi connectivity index (χ1v) is 8.68. The average molecular weight is 296 g/mol. The Morgan fingerprint density at radius 3 is 2.73 bits per heavy atom. The van der Waals surface area contributed by atoms with Crippen molar-refractivity contribution in [3.8, 4) is 0 Å². The van der Waals surface area contributed by atoms with E-state index in [1.807, 2.05) is 0 Å². The SMILES string of the molecule is O=C(CN1CCCCC1)c1cc2n(c1)C1=CCCC=C1CC2. The lowest BCUT2D eigenvalue weighted by atomic mass is 9.95. The standard InChI is InChI=1S/C19H24N2O/c22-19(14-20-10-4-1-5-11-20)16-12-17-9-8-15-6-2-3-7-18(15)21(17)13-16/h6-7,12-13H,1-5,8-11,14H2. The summed E-state index contributed by atoms with van der Waals surface area (Å²) >= 11 is 0. The maximum atomic E-state index is 12.6. The molecule has 0 aromatic carbocycles. The lowest BCUT2D eigenvalue weighted by Gasteiger charge is -2.25. The molecule has 1 aromatic rings. The van der Waals surface area contributed by atoms with Gasteiger partial charge in [-0.1, -0.05) is 18.6 Å². The normalized spacial score (nSPS) is 21.6. The molecule has 1 aromatic heterocycles. The summed E-state index contributed by atoms with van der Waals surface area (Å²) in [6.07, 6.45) is 15.0. The molecule has 1 fully saturated rings. The van der Waals surface area contributed by atoms with Crippen LogP contribution in [0.5, 0.6) is 0 Å². The molecule has 116 valence electrons. The van der Waals surface area contributed by atoms with E-state index in [1.54, 1.807) is 0 Å². The van der Waals surface area contributed by atoms with Crippen molar-refractivity contribution in [3.05, 3.63) is 41.2 Å². The summed E-state index contributed by atoms with van der Waals surface area (Å²) in [6.45, 7) is 2.75. The minimum atomic E-state index is 0.283. The molecule has 0 spiro atoms. The van der Waals surface area contributed by atoms with Gasteiger partial charge in [-0.15, -0.1) is 0 Å². The maximum absolute atomic E-state index is 12.6. The van der Waals surface area contributed by atoms with Gasteiger partial charge in [0, 0.05) is 23.2 Å². The molecule has 3 nitrogen and oxygen atoms in total. The predicted molar refractivity (Wildman–Crippen MR) is 89.0 cm³/mol. The summed E-state index contributed by atoms with van der Waals surface area (Å²) < 4.78 is 2.26. The maximum Gasteiger partial charge on any atom is 0.178 e. The number of fused-ring (bicyclic) bond motifs is 3. The topological polar surface area (TPSA) is 25.2 Å². The van der Waals surface area contributed by atoms with Crippen molar-refractivity contribution in [2.75, 3.05) is 19.6 Å². The number of nitrogens with zero attached hydrogens (tertiary/aromatic N) is 2. The number of allylic oxidation sites excluding steroid dienone is 4. The average Bonchev–Trinajstić information content (AvgIpc) is 3.00. The number of carbonyl (C=O) groups excluding carboxylic acids is 1. The molecule has 1 aliphatic carbocycles. The minimum absolute atomic E-state index is 0.283. The Bertz CT molecular complexity index is 644. The number of carbonyl (C=O) groups is 1. The molecule has 0 bridgehead atoms. The van der Waals surface area contributed by atoms with Gasteiger partial charge in [0.1, 0.15) is 0 Å². The smallest absolute Gasteiger partial charge is 0.178 e. The molecule has 0 unspecified atom stereocenters. The number of aryl methyl sites for hydroxylation is 1. The van der Waals surface area contributed by atoms with Gasteiger partial charge >= 0.3 is 0 Å². The van der Waals surface area contributed by atoms with E-state index in [0.717, 1.165) is 44.3 Å². The lowest BCUT2D eigenvalue weighted by Crippen LogP contribution is -2.34. The molecule has 4 rings (SSSR count). The second-order valence-corrected chi connectivity index (χ2v) is 6.75. The molecule has 0 atom stereocenters. The number of rotatable bonds is 3. The zero-order chi connectivity index (χ0) is 14.9. The summed E-state index contributed by atoms with van der Waals surface area (Å²) in [5.41, 5.74) is 4.98. The molecular formula is C19H24N2O. The molecular weight excluding hydrogens is 272 g/mol. The number of ketones is 1. The van der Waals surface area contributed by atoms with Crippen LogP contribution in [-0.4, -0.2) is 34.9 Å². The van der Waals surface area contributed by atoms with Gasteiger partial charge in [-0.3, -0.25) is 9.69 Å². The number of aromatic nitrogens is 1. The number of likely N-dealkylation sites (tertiary alicyclic amines) is 1. The molecule has 2 aliphatic heterocycles. The Hall–Kier alpha value is -1.61. The van der Waals surface area contributed by atoms with Crippen LogP contribution in [0.1, 0.15) is 54.6 Å². The second-order valence-electron chi connectivity index (χ2n) is 6.75. The quantitative estimate of drug-likeness (QED) is 0.795. The van der Waals surface area contributed by atoms with Gasteiger partial charge in [-0.2, -0.15) is 0 Å². The van der Waals surface area contributed by atoms with Crippen molar-refractivity contribution in [1.29, 1.82) is 0 Å². The number of hydrogen-bond donors (Lipinski definition) is 0. The van der Waals surface area contributed by atoms with Crippen LogP contribution >= 0.6 is 0 Å². The first kappa shape index (κ1) is 14.0. The van der Waals surface area contributed by atoms with E-state index in [4.69, 9.17) is 0 Å². The van der Waals surface area contributed by atoms with E-state index in [-0.39, 0.29) is 5.78 Å². The predicted octanol–water partition coefficient (Wildman–Crippen LogP) is 3.66. The Labute approximate surface area is 132 Å². The molecule has 0 N–H and O–H groups in total. The van der Waals surface area contributed by atoms with Crippen molar-refractivity contribution < 1.29 is 4.79 Å². The van der Waals surface area contributed by atoms with Crippen LogP contribution in [0.4, 0.5) is 0 Å². The Morgan fingerprint density at radius 1 is 1.05 bits per heavy atom. The van der Waals surface area contributed by atoms with Crippen molar-refractivity contribution in [3.63, 3.8) is 0 Å². The molecule has 0 amide bonds. The van der Waals surface area contributed by atoms with Crippen LogP contribution < -0.4 is 0 Å². The third-order valence-electron chi connectivity index (χ3n) is 5.17.